The molecule has 2 aliphatic heterocycles. The molecule has 4 rings (SSSR count). The minimum Gasteiger partial charge on any atom is -0.378 e. The Balaban J connectivity index is 1.47. The standard InChI is InChI=1S/C21H27N5O4S/c1-3-26(4-2)31(28,29)18-7-5-16(6-8-18)20(27)25-14-17-13-22-21(23-19(17)15-25)24-9-11-30-12-10-24/h5-8,13H,3-4,9-12,14-15H2,1-2H3. The smallest absolute Gasteiger partial charge is 0.254 e. The van der Waals surface area contributed by atoms with Crippen molar-refractivity contribution >= 4 is 21.9 Å². The van der Waals surface area contributed by atoms with E-state index in [-0.39, 0.29) is 10.8 Å². The average molecular weight is 446 g/mol. The van der Waals surface area contributed by atoms with E-state index in [9.17, 15) is 13.2 Å². The Morgan fingerprint density at radius 3 is 2.42 bits per heavy atom. The molecule has 0 atom stereocenters. The minimum absolute atomic E-state index is 0.155. The van der Waals surface area contributed by atoms with Crippen LogP contribution >= 0.6 is 0 Å². The zero-order chi connectivity index (χ0) is 22.0. The number of aromatic nitrogens is 2. The maximum atomic E-state index is 13.0. The molecule has 0 unspecified atom stereocenters. The number of carbonyl (C=O) groups is 1. The van der Waals surface area contributed by atoms with Crippen molar-refractivity contribution in [2.24, 2.45) is 0 Å². The van der Waals surface area contributed by atoms with Gasteiger partial charge in [0.05, 0.1) is 30.3 Å². The van der Waals surface area contributed by atoms with Crippen LogP contribution in [-0.2, 0) is 27.8 Å². The molecule has 1 fully saturated rings. The van der Waals surface area contributed by atoms with Crippen molar-refractivity contribution in [3.63, 3.8) is 0 Å². The third-order valence-electron chi connectivity index (χ3n) is 5.67. The first-order valence-corrected chi connectivity index (χ1v) is 11.9. The summed E-state index contributed by atoms with van der Waals surface area (Å²) in [5, 5.41) is 0. The number of rotatable bonds is 6. The second-order valence-electron chi connectivity index (χ2n) is 7.52. The maximum Gasteiger partial charge on any atom is 0.254 e. The number of benzene rings is 1. The second kappa shape index (κ2) is 8.89. The van der Waals surface area contributed by atoms with Crippen LogP contribution < -0.4 is 4.90 Å². The zero-order valence-electron chi connectivity index (χ0n) is 17.8. The van der Waals surface area contributed by atoms with Gasteiger partial charge in [-0.2, -0.15) is 4.31 Å². The van der Waals surface area contributed by atoms with Gasteiger partial charge >= 0.3 is 0 Å². The Labute approximate surface area is 182 Å². The van der Waals surface area contributed by atoms with Gasteiger partial charge < -0.3 is 14.5 Å². The molecule has 0 bridgehead atoms. The Morgan fingerprint density at radius 2 is 1.77 bits per heavy atom. The topological polar surface area (TPSA) is 95.9 Å². The quantitative estimate of drug-likeness (QED) is 0.665. The summed E-state index contributed by atoms with van der Waals surface area (Å²) in [5.41, 5.74) is 2.24. The molecule has 0 saturated carbocycles. The summed E-state index contributed by atoms with van der Waals surface area (Å²) in [7, 11) is -3.55. The number of sulfonamides is 1. The highest BCUT2D eigenvalue weighted by Gasteiger charge is 2.28. The molecule has 0 radical (unpaired) electrons. The molecule has 1 aromatic carbocycles. The van der Waals surface area contributed by atoms with Gasteiger partial charge in [-0.25, -0.2) is 18.4 Å². The monoisotopic (exact) mass is 445 g/mol. The second-order valence-corrected chi connectivity index (χ2v) is 9.45. The number of hydrogen-bond acceptors (Lipinski definition) is 7. The largest absolute Gasteiger partial charge is 0.378 e. The van der Waals surface area contributed by atoms with Crippen molar-refractivity contribution in [2.75, 3.05) is 44.3 Å². The number of hydrogen-bond donors (Lipinski definition) is 0. The molecule has 0 N–H and O–H groups in total. The normalized spacial score (nSPS) is 16.6. The lowest BCUT2D eigenvalue weighted by atomic mass is 10.2. The highest BCUT2D eigenvalue weighted by atomic mass is 32.2. The van der Waals surface area contributed by atoms with Crippen LogP contribution in [0, 0.1) is 0 Å². The van der Waals surface area contributed by atoms with Crippen LogP contribution in [0.2, 0.25) is 0 Å². The van der Waals surface area contributed by atoms with Gasteiger partial charge in [0.15, 0.2) is 0 Å². The van der Waals surface area contributed by atoms with Gasteiger partial charge in [-0.3, -0.25) is 4.79 Å². The van der Waals surface area contributed by atoms with E-state index in [0.717, 1.165) is 24.3 Å². The van der Waals surface area contributed by atoms with Crippen molar-refractivity contribution in [3.05, 3.63) is 47.3 Å². The first-order chi connectivity index (χ1) is 14.9. The SMILES string of the molecule is CCN(CC)S(=O)(=O)c1ccc(C(=O)N2Cc3cnc(N4CCOCC4)nc3C2)cc1. The van der Waals surface area contributed by atoms with Crippen LogP contribution in [0.3, 0.4) is 0 Å². The fourth-order valence-corrected chi connectivity index (χ4v) is 5.32. The van der Waals surface area contributed by atoms with E-state index >= 15 is 0 Å². The number of fused-ring (bicyclic) bond motifs is 1. The minimum atomic E-state index is -3.55. The van der Waals surface area contributed by atoms with E-state index in [1.54, 1.807) is 37.1 Å². The number of morpholine rings is 1. The van der Waals surface area contributed by atoms with Crippen molar-refractivity contribution in [3.8, 4) is 0 Å². The van der Waals surface area contributed by atoms with Crippen molar-refractivity contribution in [1.29, 1.82) is 0 Å². The molecule has 0 spiro atoms. The van der Waals surface area contributed by atoms with Gasteiger partial charge in [-0.1, -0.05) is 13.8 Å². The molecule has 2 aromatic rings. The summed E-state index contributed by atoms with van der Waals surface area (Å²) in [4.78, 5) is 26.1. The molecule has 3 heterocycles. The fourth-order valence-electron chi connectivity index (χ4n) is 3.87. The van der Waals surface area contributed by atoms with Crippen LogP contribution in [-0.4, -0.2) is 72.9 Å². The highest BCUT2D eigenvalue weighted by Crippen LogP contribution is 2.25. The summed E-state index contributed by atoms with van der Waals surface area (Å²) >= 11 is 0. The molecular formula is C21H27N5O4S. The van der Waals surface area contributed by atoms with E-state index in [2.05, 4.69) is 14.9 Å². The van der Waals surface area contributed by atoms with Gasteiger partial charge in [0, 0.05) is 50.0 Å². The summed E-state index contributed by atoms with van der Waals surface area (Å²) < 4.78 is 32.1. The van der Waals surface area contributed by atoms with Gasteiger partial charge in [0.2, 0.25) is 16.0 Å². The summed E-state index contributed by atoms with van der Waals surface area (Å²) in [6, 6.07) is 6.15. The molecule has 2 aliphatic rings. The van der Waals surface area contributed by atoms with Crippen molar-refractivity contribution < 1.29 is 17.9 Å². The first kappa shape index (κ1) is 21.7. The Kier molecular flexibility index (Phi) is 6.22. The van der Waals surface area contributed by atoms with Crippen molar-refractivity contribution in [1.82, 2.24) is 19.2 Å². The third-order valence-corrected chi connectivity index (χ3v) is 7.73. The number of amides is 1. The molecular weight excluding hydrogens is 418 g/mol. The number of ether oxygens (including phenoxy) is 1. The van der Waals surface area contributed by atoms with E-state index in [1.807, 2.05) is 0 Å². The summed E-state index contributed by atoms with van der Waals surface area (Å²) in [6.45, 7) is 8.09. The van der Waals surface area contributed by atoms with E-state index < -0.39 is 10.0 Å². The van der Waals surface area contributed by atoms with Crippen LogP contribution in [0.5, 0.6) is 0 Å². The Morgan fingerprint density at radius 1 is 1.10 bits per heavy atom. The average Bonchev–Trinajstić information content (AvgIpc) is 3.23. The van der Waals surface area contributed by atoms with Crippen LogP contribution in [0.15, 0.2) is 35.4 Å². The number of nitrogens with zero attached hydrogens (tertiary/aromatic N) is 5. The van der Waals surface area contributed by atoms with Gasteiger partial charge in [-0.15, -0.1) is 0 Å². The fraction of sp³-hybridized carbons (Fsp3) is 0.476. The van der Waals surface area contributed by atoms with E-state index in [1.165, 1.54) is 16.4 Å². The summed E-state index contributed by atoms with van der Waals surface area (Å²) in [5.74, 6) is 0.514. The van der Waals surface area contributed by atoms with Crippen LogP contribution in [0.4, 0.5) is 5.95 Å². The molecule has 10 heteroatoms. The van der Waals surface area contributed by atoms with E-state index in [4.69, 9.17) is 4.74 Å². The number of carbonyl (C=O) groups excluding carboxylic acids is 1. The Bertz CT molecular complexity index is 1050. The Hall–Kier alpha value is -2.56. The van der Waals surface area contributed by atoms with Gasteiger partial charge in [-0.05, 0) is 24.3 Å². The van der Waals surface area contributed by atoms with Crippen LogP contribution in [0.1, 0.15) is 35.5 Å². The molecule has 31 heavy (non-hydrogen) atoms. The van der Waals surface area contributed by atoms with Gasteiger partial charge in [0.1, 0.15) is 0 Å². The van der Waals surface area contributed by atoms with E-state index in [0.29, 0.717) is 50.9 Å². The first-order valence-electron chi connectivity index (χ1n) is 10.5. The van der Waals surface area contributed by atoms with Crippen molar-refractivity contribution in [2.45, 2.75) is 31.8 Å². The predicted octanol–water partition coefficient (Wildman–Crippen LogP) is 1.50. The highest BCUT2D eigenvalue weighted by molar-refractivity contribution is 7.89. The third kappa shape index (κ3) is 4.28. The number of anilines is 1. The maximum absolute atomic E-state index is 13.0. The molecule has 1 saturated heterocycles. The van der Waals surface area contributed by atoms with Gasteiger partial charge in [0.25, 0.3) is 5.91 Å². The predicted molar refractivity (Wildman–Crippen MR) is 115 cm³/mol. The molecule has 9 nitrogen and oxygen atoms in total. The lowest BCUT2D eigenvalue weighted by Crippen LogP contribution is -2.37. The lowest BCUT2D eigenvalue weighted by Gasteiger charge is -2.26. The lowest BCUT2D eigenvalue weighted by molar-refractivity contribution is 0.0750. The zero-order valence-corrected chi connectivity index (χ0v) is 18.6. The molecule has 166 valence electrons. The molecule has 0 aliphatic carbocycles. The summed E-state index contributed by atoms with van der Waals surface area (Å²) in [6.07, 6.45) is 1.79. The molecule has 1 aromatic heterocycles. The van der Waals surface area contributed by atoms with Crippen LogP contribution in [0.25, 0.3) is 0 Å². The molecule has 1 amide bonds.